The van der Waals surface area contributed by atoms with Crippen LogP contribution in [0.4, 0.5) is 0 Å². The van der Waals surface area contributed by atoms with Gasteiger partial charge >= 0.3 is 5.97 Å². The molecule has 0 fully saturated rings. The topological polar surface area (TPSA) is 78.1 Å². The molecule has 0 atom stereocenters. The van der Waals surface area contributed by atoms with Crippen LogP contribution in [0, 0.1) is 6.92 Å². The molecule has 1 N–H and O–H groups in total. The maximum atomic E-state index is 10.8. The first-order valence-corrected chi connectivity index (χ1v) is 6.12. The highest BCUT2D eigenvalue weighted by atomic mass is 16.5. The van der Waals surface area contributed by atoms with Crippen LogP contribution in [0.25, 0.3) is 0 Å². The lowest BCUT2D eigenvalue weighted by molar-refractivity contribution is 0.0280. The average molecular weight is 272 g/mol. The number of aromatic carboxylic acids is 1. The molecule has 1 rings (SSSR count). The number of ether oxygens (including phenoxy) is 3. The number of furan rings is 1. The zero-order chi connectivity index (χ0) is 14.1. The molecule has 0 amide bonds. The predicted octanol–water partition coefficient (Wildman–Crippen LogP) is 1.86. The second-order valence-corrected chi connectivity index (χ2v) is 4.04. The monoisotopic (exact) mass is 272 g/mol. The Hall–Kier alpha value is -1.37. The molecule has 6 nitrogen and oxygen atoms in total. The minimum absolute atomic E-state index is 0.0329. The molecule has 0 bridgehead atoms. The number of rotatable bonds is 10. The molecule has 0 aliphatic rings. The van der Waals surface area contributed by atoms with Gasteiger partial charge in [-0.2, -0.15) is 0 Å². The van der Waals surface area contributed by atoms with Gasteiger partial charge in [0, 0.05) is 25.9 Å². The molecule has 0 saturated heterocycles. The molecule has 0 aliphatic carbocycles. The molecule has 1 heterocycles. The number of carboxylic acids is 1. The highest BCUT2D eigenvalue weighted by Gasteiger charge is 2.13. The molecule has 1 aromatic heterocycles. The van der Waals surface area contributed by atoms with Crippen LogP contribution in [-0.4, -0.2) is 44.6 Å². The summed E-state index contributed by atoms with van der Waals surface area (Å²) in [5.41, 5.74) is 0.599. The van der Waals surface area contributed by atoms with Gasteiger partial charge in [-0.25, -0.2) is 4.79 Å². The Balaban J connectivity index is 2.12. The van der Waals surface area contributed by atoms with Gasteiger partial charge in [-0.05, 0) is 19.4 Å². The van der Waals surface area contributed by atoms with Crippen molar-refractivity contribution in [3.63, 3.8) is 0 Å². The zero-order valence-electron chi connectivity index (χ0n) is 11.3. The van der Waals surface area contributed by atoms with Gasteiger partial charge < -0.3 is 23.7 Å². The summed E-state index contributed by atoms with van der Waals surface area (Å²) in [7, 11) is 1.65. The molecule has 0 radical (unpaired) electrons. The lowest BCUT2D eigenvalue weighted by Crippen LogP contribution is -2.06. The summed E-state index contributed by atoms with van der Waals surface area (Å²) >= 11 is 0. The Morgan fingerprint density at radius 3 is 2.63 bits per heavy atom. The number of carbonyl (C=O) groups is 1. The van der Waals surface area contributed by atoms with Gasteiger partial charge in [0.05, 0.1) is 13.2 Å². The van der Waals surface area contributed by atoms with Gasteiger partial charge in [0.2, 0.25) is 5.76 Å². The number of methoxy groups -OCH3 is 1. The zero-order valence-corrected chi connectivity index (χ0v) is 11.3. The maximum absolute atomic E-state index is 10.8. The maximum Gasteiger partial charge on any atom is 0.372 e. The minimum Gasteiger partial charge on any atom is -0.475 e. The second-order valence-electron chi connectivity index (χ2n) is 4.04. The van der Waals surface area contributed by atoms with E-state index in [0.717, 1.165) is 6.42 Å². The van der Waals surface area contributed by atoms with Crippen LogP contribution >= 0.6 is 0 Å². The van der Waals surface area contributed by atoms with Gasteiger partial charge in [0.1, 0.15) is 12.4 Å². The Kier molecular flexibility index (Phi) is 7.17. The first-order chi connectivity index (χ1) is 9.15. The Morgan fingerprint density at radius 2 is 2.00 bits per heavy atom. The van der Waals surface area contributed by atoms with Crippen molar-refractivity contribution in [3.05, 3.63) is 23.2 Å². The van der Waals surface area contributed by atoms with E-state index in [2.05, 4.69) is 0 Å². The quantitative estimate of drug-likeness (QED) is 0.655. The van der Waals surface area contributed by atoms with Crippen molar-refractivity contribution in [2.75, 3.05) is 33.5 Å². The van der Waals surface area contributed by atoms with E-state index in [1.807, 2.05) is 0 Å². The van der Waals surface area contributed by atoms with Crippen LogP contribution in [0.2, 0.25) is 0 Å². The standard InChI is InChI=1S/C13H20O6/c1-10-8-11(19-12(10)13(14)15)9-18-7-6-17-5-3-4-16-2/h8H,3-7,9H2,1-2H3,(H,14,15). The average Bonchev–Trinajstić information content (AvgIpc) is 2.74. The van der Waals surface area contributed by atoms with E-state index in [1.54, 1.807) is 20.1 Å². The van der Waals surface area contributed by atoms with E-state index in [1.165, 1.54) is 0 Å². The number of hydrogen-bond acceptors (Lipinski definition) is 5. The number of aryl methyl sites for hydroxylation is 1. The van der Waals surface area contributed by atoms with Crippen molar-refractivity contribution >= 4 is 5.97 Å². The molecule has 0 spiro atoms. The van der Waals surface area contributed by atoms with Crippen LogP contribution in [0.5, 0.6) is 0 Å². The second kappa shape index (κ2) is 8.68. The molecular weight excluding hydrogens is 252 g/mol. The lowest BCUT2D eigenvalue weighted by atomic mass is 10.3. The highest BCUT2D eigenvalue weighted by Crippen LogP contribution is 2.15. The van der Waals surface area contributed by atoms with E-state index < -0.39 is 5.97 Å². The van der Waals surface area contributed by atoms with Crippen molar-refractivity contribution in [2.24, 2.45) is 0 Å². The predicted molar refractivity (Wildman–Crippen MR) is 67.4 cm³/mol. The molecule has 0 unspecified atom stereocenters. The molecule has 0 saturated carbocycles. The molecule has 108 valence electrons. The Labute approximate surface area is 112 Å². The van der Waals surface area contributed by atoms with Gasteiger partial charge in [0.25, 0.3) is 0 Å². The fraction of sp³-hybridized carbons (Fsp3) is 0.615. The van der Waals surface area contributed by atoms with Crippen molar-refractivity contribution in [1.29, 1.82) is 0 Å². The molecule has 0 aliphatic heterocycles. The summed E-state index contributed by atoms with van der Waals surface area (Å²) in [6.07, 6.45) is 0.857. The first kappa shape index (κ1) is 15.7. The summed E-state index contributed by atoms with van der Waals surface area (Å²) < 4.78 is 20.7. The van der Waals surface area contributed by atoms with Gasteiger partial charge in [-0.15, -0.1) is 0 Å². The molecule has 0 aromatic carbocycles. The van der Waals surface area contributed by atoms with Crippen molar-refractivity contribution in [2.45, 2.75) is 20.0 Å². The van der Waals surface area contributed by atoms with Crippen LogP contribution < -0.4 is 0 Å². The van der Waals surface area contributed by atoms with E-state index in [-0.39, 0.29) is 12.4 Å². The summed E-state index contributed by atoms with van der Waals surface area (Å²) in [6.45, 7) is 4.19. The van der Waals surface area contributed by atoms with Crippen molar-refractivity contribution in [1.82, 2.24) is 0 Å². The Morgan fingerprint density at radius 1 is 1.26 bits per heavy atom. The van der Waals surface area contributed by atoms with Gasteiger partial charge in [0.15, 0.2) is 0 Å². The molecule has 1 aromatic rings. The normalized spacial score (nSPS) is 10.8. The van der Waals surface area contributed by atoms with Crippen LogP contribution in [-0.2, 0) is 20.8 Å². The van der Waals surface area contributed by atoms with E-state index in [4.69, 9.17) is 23.7 Å². The van der Waals surface area contributed by atoms with Gasteiger partial charge in [-0.1, -0.05) is 0 Å². The smallest absolute Gasteiger partial charge is 0.372 e. The lowest BCUT2D eigenvalue weighted by Gasteiger charge is -2.04. The number of hydrogen-bond donors (Lipinski definition) is 1. The molecule has 19 heavy (non-hydrogen) atoms. The third kappa shape index (κ3) is 5.87. The van der Waals surface area contributed by atoms with E-state index in [0.29, 0.717) is 37.8 Å². The summed E-state index contributed by atoms with van der Waals surface area (Å²) in [5, 5.41) is 8.83. The fourth-order valence-electron chi connectivity index (χ4n) is 1.53. The molecular formula is C13H20O6. The third-order valence-electron chi connectivity index (χ3n) is 2.42. The van der Waals surface area contributed by atoms with Crippen molar-refractivity contribution in [3.8, 4) is 0 Å². The first-order valence-electron chi connectivity index (χ1n) is 6.12. The van der Waals surface area contributed by atoms with Crippen LogP contribution in [0.15, 0.2) is 10.5 Å². The summed E-state index contributed by atoms with van der Waals surface area (Å²) in [6, 6.07) is 1.67. The van der Waals surface area contributed by atoms with E-state index >= 15 is 0 Å². The largest absolute Gasteiger partial charge is 0.475 e. The number of carboxylic acid groups (broad SMARTS) is 1. The summed E-state index contributed by atoms with van der Waals surface area (Å²) in [4.78, 5) is 10.8. The van der Waals surface area contributed by atoms with E-state index in [9.17, 15) is 4.79 Å². The van der Waals surface area contributed by atoms with Crippen molar-refractivity contribution < 1.29 is 28.5 Å². The minimum atomic E-state index is -1.06. The third-order valence-corrected chi connectivity index (χ3v) is 2.42. The molecule has 6 heteroatoms. The van der Waals surface area contributed by atoms with Crippen LogP contribution in [0.1, 0.15) is 28.3 Å². The highest BCUT2D eigenvalue weighted by molar-refractivity contribution is 5.86. The van der Waals surface area contributed by atoms with Crippen LogP contribution in [0.3, 0.4) is 0 Å². The fourth-order valence-corrected chi connectivity index (χ4v) is 1.53. The SMILES string of the molecule is COCCCOCCOCc1cc(C)c(C(=O)O)o1. The Bertz CT molecular complexity index is 384. The summed E-state index contributed by atoms with van der Waals surface area (Å²) in [5.74, 6) is -0.589. The van der Waals surface area contributed by atoms with Gasteiger partial charge in [-0.3, -0.25) is 0 Å².